The molecule has 3 aromatic rings. The first kappa shape index (κ1) is 23.5. The molecule has 6 nitrogen and oxygen atoms in total. The molecule has 2 N–H and O–H groups in total. The summed E-state index contributed by atoms with van der Waals surface area (Å²) in [5.74, 6) is 0.325. The predicted molar refractivity (Wildman–Crippen MR) is 132 cm³/mol. The molecule has 0 saturated carbocycles. The molecule has 4 rings (SSSR count). The van der Waals surface area contributed by atoms with Gasteiger partial charge in [-0.2, -0.15) is 0 Å². The molecule has 1 unspecified atom stereocenters. The van der Waals surface area contributed by atoms with E-state index in [1.807, 2.05) is 56.3 Å². The number of H-pyrrole nitrogens is 1. The van der Waals surface area contributed by atoms with E-state index in [1.165, 1.54) is 5.56 Å². The number of aromatic nitrogens is 1. The molecular formula is C26H33N3O3. The summed E-state index contributed by atoms with van der Waals surface area (Å²) in [6.07, 6.45) is 1.07. The highest BCUT2D eigenvalue weighted by Gasteiger charge is 2.16. The van der Waals surface area contributed by atoms with E-state index >= 15 is 0 Å². The van der Waals surface area contributed by atoms with Crippen molar-refractivity contribution in [1.82, 2.24) is 4.98 Å². The zero-order valence-electron chi connectivity index (χ0n) is 19.4. The van der Waals surface area contributed by atoms with Crippen molar-refractivity contribution in [3.8, 4) is 0 Å². The maximum atomic E-state index is 12.7. The Kier molecular flexibility index (Phi) is 8.06. The van der Waals surface area contributed by atoms with Gasteiger partial charge in [0.05, 0.1) is 24.4 Å². The molecule has 1 aromatic heterocycles. The number of hydrogen-bond acceptors (Lipinski definition) is 4. The number of amides is 1. The van der Waals surface area contributed by atoms with Gasteiger partial charge >= 0.3 is 0 Å². The molecule has 0 radical (unpaired) electrons. The van der Waals surface area contributed by atoms with Crippen molar-refractivity contribution < 1.29 is 9.53 Å². The molecule has 1 fully saturated rings. The number of carbonyl (C=O) groups excluding carboxylic acids is 1. The molecule has 32 heavy (non-hydrogen) atoms. The summed E-state index contributed by atoms with van der Waals surface area (Å²) in [6.45, 7) is 11.1. The largest absolute Gasteiger partial charge is 0.378 e. The maximum Gasteiger partial charge on any atom is 0.255 e. The number of hydrogen-bond donors (Lipinski definition) is 2. The Morgan fingerprint density at radius 2 is 1.78 bits per heavy atom. The van der Waals surface area contributed by atoms with Crippen LogP contribution in [0.25, 0.3) is 10.9 Å². The third-order valence-corrected chi connectivity index (χ3v) is 5.79. The average Bonchev–Trinajstić information content (AvgIpc) is 2.85. The highest BCUT2D eigenvalue weighted by Crippen LogP contribution is 2.28. The highest BCUT2D eigenvalue weighted by atomic mass is 16.5. The van der Waals surface area contributed by atoms with Crippen LogP contribution in [0.3, 0.4) is 0 Å². The number of anilines is 2. The summed E-state index contributed by atoms with van der Waals surface area (Å²) in [5.41, 5.74) is 4.03. The van der Waals surface area contributed by atoms with Crippen LogP contribution in [0, 0.1) is 0 Å². The second-order valence-electron chi connectivity index (χ2n) is 7.76. The standard InChI is InChI=1S/C24H27N3O3.C2H6/c1-3-16(2)17-4-6-18(7-5-17)24(29)25-19-8-9-21-20(14-19)22(15-23(28)26-21)27-10-12-30-13-11-27;1-2/h4-9,14-16H,3,10-13H2,1-2H3,(H,25,29)(H,26,28);1-2H3. The number of morpholine rings is 1. The highest BCUT2D eigenvalue weighted by molar-refractivity contribution is 6.05. The first-order valence-electron chi connectivity index (χ1n) is 11.5. The van der Waals surface area contributed by atoms with Crippen LogP contribution in [0.5, 0.6) is 0 Å². The van der Waals surface area contributed by atoms with Gasteiger partial charge in [-0.1, -0.05) is 39.8 Å². The summed E-state index contributed by atoms with van der Waals surface area (Å²) in [7, 11) is 0. The summed E-state index contributed by atoms with van der Waals surface area (Å²) in [5, 5.41) is 3.89. The number of rotatable bonds is 5. The lowest BCUT2D eigenvalue weighted by Crippen LogP contribution is -2.36. The predicted octanol–water partition coefficient (Wildman–Crippen LogP) is 5.16. The summed E-state index contributed by atoms with van der Waals surface area (Å²) in [4.78, 5) is 29.9. The monoisotopic (exact) mass is 435 g/mol. The Balaban J connectivity index is 0.00000141. The van der Waals surface area contributed by atoms with Gasteiger partial charge in [0, 0.05) is 35.8 Å². The van der Waals surface area contributed by atoms with Gasteiger partial charge in [0.15, 0.2) is 0 Å². The number of carbonyl (C=O) groups is 1. The normalized spacial score (nSPS) is 14.4. The number of ether oxygens (including phenoxy) is 1. The van der Waals surface area contributed by atoms with Crippen LogP contribution in [0.2, 0.25) is 0 Å². The number of aromatic amines is 1. The molecule has 2 aromatic carbocycles. The molecule has 0 aliphatic carbocycles. The van der Waals surface area contributed by atoms with E-state index in [0.29, 0.717) is 30.4 Å². The zero-order chi connectivity index (χ0) is 23.1. The number of nitrogens with zero attached hydrogens (tertiary/aromatic N) is 1. The molecule has 0 spiro atoms. The van der Waals surface area contributed by atoms with Crippen LogP contribution in [-0.2, 0) is 4.74 Å². The van der Waals surface area contributed by atoms with E-state index in [-0.39, 0.29) is 11.5 Å². The lowest BCUT2D eigenvalue weighted by Gasteiger charge is -2.29. The molecular weight excluding hydrogens is 402 g/mol. The van der Waals surface area contributed by atoms with Gasteiger partial charge in [-0.25, -0.2) is 0 Å². The number of benzene rings is 2. The Morgan fingerprint density at radius 3 is 2.44 bits per heavy atom. The van der Waals surface area contributed by atoms with Crippen molar-refractivity contribution in [3.05, 3.63) is 70.0 Å². The average molecular weight is 436 g/mol. The zero-order valence-corrected chi connectivity index (χ0v) is 19.4. The molecule has 1 atom stereocenters. The van der Waals surface area contributed by atoms with Gasteiger partial charge in [0.2, 0.25) is 5.56 Å². The lowest BCUT2D eigenvalue weighted by molar-refractivity contribution is 0.102. The van der Waals surface area contributed by atoms with E-state index in [4.69, 9.17) is 4.74 Å². The minimum Gasteiger partial charge on any atom is -0.378 e. The van der Waals surface area contributed by atoms with Crippen LogP contribution < -0.4 is 15.8 Å². The first-order valence-corrected chi connectivity index (χ1v) is 11.5. The fourth-order valence-corrected chi connectivity index (χ4v) is 3.78. The minimum absolute atomic E-state index is 0.137. The fraction of sp³-hybridized carbons (Fsp3) is 0.385. The molecule has 1 amide bonds. The SMILES string of the molecule is CC.CCC(C)c1ccc(C(=O)Nc2ccc3[nH]c(=O)cc(N4CCOCC4)c3c2)cc1. The number of pyridine rings is 1. The molecule has 170 valence electrons. The summed E-state index contributed by atoms with van der Waals surface area (Å²) in [6, 6.07) is 15.0. The van der Waals surface area contributed by atoms with Gasteiger partial charge < -0.3 is 19.9 Å². The Morgan fingerprint density at radius 1 is 1.09 bits per heavy atom. The van der Waals surface area contributed by atoms with E-state index in [1.54, 1.807) is 6.07 Å². The third kappa shape index (κ3) is 5.37. The van der Waals surface area contributed by atoms with Crippen molar-refractivity contribution in [2.75, 3.05) is 36.5 Å². The molecule has 1 aliphatic heterocycles. The summed E-state index contributed by atoms with van der Waals surface area (Å²) < 4.78 is 5.43. The summed E-state index contributed by atoms with van der Waals surface area (Å²) >= 11 is 0. The van der Waals surface area contributed by atoms with E-state index < -0.39 is 0 Å². The topological polar surface area (TPSA) is 74.4 Å². The molecule has 1 aliphatic rings. The Labute approximate surface area is 189 Å². The van der Waals surface area contributed by atoms with Gasteiger partial charge in [0.1, 0.15) is 0 Å². The quantitative estimate of drug-likeness (QED) is 0.581. The molecule has 2 heterocycles. The van der Waals surface area contributed by atoms with Gasteiger partial charge in [-0.15, -0.1) is 0 Å². The smallest absolute Gasteiger partial charge is 0.255 e. The van der Waals surface area contributed by atoms with Gasteiger partial charge in [-0.3, -0.25) is 9.59 Å². The molecule has 1 saturated heterocycles. The number of nitrogens with one attached hydrogen (secondary N) is 2. The van der Waals surface area contributed by atoms with E-state index in [9.17, 15) is 9.59 Å². The van der Waals surface area contributed by atoms with Crippen LogP contribution in [0.1, 0.15) is 56.0 Å². The van der Waals surface area contributed by atoms with Crippen molar-refractivity contribution in [3.63, 3.8) is 0 Å². The Bertz CT molecular complexity index is 1100. The second-order valence-corrected chi connectivity index (χ2v) is 7.76. The lowest BCUT2D eigenvalue weighted by atomic mass is 9.97. The minimum atomic E-state index is -0.151. The molecule has 6 heteroatoms. The van der Waals surface area contributed by atoms with E-state index in [0.717, 1.165) is 36.1 Å². The van der Waals surface area contributed by atoms with Crippen molar-refractivity contribution in [2.24, 2.45) is 0 Å². The van der Waals surface area contributed by atoms with Crippen LogP contribution in [0.15, 0.2) is 53.3 Å². The van der Waals surface area contributed by atoms with Crippen molar-refractivity contribution >= 4 is 28.2 Å². The van der Waals surface area contributed by atoms with Crippen LogP contribution in [-0.4, -0.2) is 37.2 Å². The first-order chi connectivity index (χ1) is 15.5. The molecule has 0 bridgehead atoms. The number of fused-ring (bicyclic) bond motifs is 1. The fourth-order valence-electron chi connectivity index (χ4n) is 3.78. The van der Waals surface area contributed by atoms with Crippen molar-refractivity contribution in [1.29, 1.82) is 0 Å². The van der Waals surface area contributed by atoms with Crippen LogP contribution in [0.4, 0.5) is 11.4 Å². The Hall–Kier alpha value is -3.12. The van der Waals surface area contributed by atoms with Gasteiger partial charge in [0.25, 0.3) is 5.91 Å². The van der Waals surface area contributed by atoms with Gasteiger partial charge in [-0.05, 0) is 48.2 Å². The van der Waals surface area contributed by atoms with E-state index in [2.05, 4.69) is 29.0 Å². The third-order valence-electron chi connectivity index (χ3n) is 5.79. The second kappa shape index (κ2) is 11.0. The van der Waals surface area contributed by atoms with Crippen molar-refractivity contribution in [2.45, 2.75) is 40.0 Å². The maximum absolute atomic E-state index is 12.7. The van der Waals surface area contributed by atoms with Crippen LogP contribution >= 0.6 is 0 Å².